The lowest BCUT2D eigenvalue weighted by Crippen LogP contribution is -2.42. The van der Waals surface area contributed by atoms with Crippen LogP contribution in [0, 0.1) is 0 Å². The number of thiazole rings is 1. The number of aromatic nitrogens is 1. The lowest BCUT2D eigenvalue weighted by atomic mass is 9.95. The summed E-state index contributed by atoms with van der Waals surface area (Å²) in [6, 6.07) is 8.92. The molecule has 2 fully saturated rings. The predicted octanol–water partition coefficient (Wildman–Crippen LogP) is 3.57. The van der Waals surface area contributed by atoms with Crippen molar-refractivity contribution in [1.82, 2.24) is 15.6 Å². The van der Waals surface area contributed by atoms with Crippen molar-refractivity contribution in [1.29, 1.82) is 0 Å². The molecule has 0 spiro atoms. The second-order valence-corrected chi connectivity index (χ2v) is 8.74. The van der Waals surface area contributed by atoms with Gasteiger partial charge in [0.05, 0.1) is 10.4 Å². The van der Waals surface area contributed by atoms with Gasteiger partial charge in [0.2, 0.25) is 0 Å². The standard InChI is InChI=1S/C16H16ClN3OS2/c17-9-1-4-11(5-2-9)22-14-8-18-16(23-14)15(21)20-13-7-10-3-6-12(13)19-10/h1-2,4-5,8,10,12-13,19H,3,6-7H2,(H,20,21). The van der Waals surface area contributed by atoms with Crippen molar-refractivity contribution in [3.05, 3.63) is 40.5 Å². The summed E-state index contributed by atoms with van der Waals surface area (Å²) in [5.41, 5.74) is 0. The summed E-state index contributed by atoms with van der Waals surface area (Å²) < 4.78 is 1.00. The minimum absolute atomic E-state index is 0.0580. The number of hydrogen-bond donors (Lipinski definition) is 2. The van der Waals surface area contributed by atoms with Gasteiger partial charge in [-0.15, -0.1) is 11.3 Å². The molecule has 0 aliphatic carbocycles. The Labute approximate surface area is 148 Å². The Bertz CT molecular complexity index is 718. The topological polar surface area (TPSA) is 54.0 Å². The Morgan fingerprint density at radius 1 is 1.35 bits per heavy atom. The van der Waals surface area contributed by atoms with Crippen molar-refractivity contribution >= 4 is 40.6 Å². The molecule has 2 aliphatic rings. The maximum Gasteiger partial charge on any atom is 0.280 e. The number of benzene rings is 1. The number of amides is 1. The molecule has 0 saturated carbocycles. The number of nitrogens with zero attached hydrogens (tertiary/aromatic N) is 1. The zero-order valence-corrected chi connectivity index (χ0v) is 14.7. The molecule has 4 nitrogen and oxygen atoms in total. The maximum atomic E-state index is 12.4. The van der Waals surface area contributed by atoms with Gasteiger partial charge in [0.1, 0.15) is 0 Å². The van der Waals surface area contributed by atoms with Crippen LogP contribution in [-0.2, 0) is 0 Å². The fourth-order valence-electron chi connectivity index (χ4n) is 3.24. The summed E-state index contributed by atoms with van der Waals surface area (Å²) in [4.78, 5) is 17.7. The van der Waals surface area contributed by atoms with Crippen molar-refractivity contribution in [2.45, 2.75) is 46.5 Å². The highest BCUT2D eigenvalue weighted by molar-refractivity contribution is 8.01. The molecule has 2 aromatic rings. The first kappa shape index (κ1) is 15.4. The van der Waals surface area contributed by atoms with E-state index in [0.717, 1.165) is 27.0 Å². The van der Waals surface area contributed by atoms with E-state index in [1.165, 1.54) is 17.8 Å². The van der Waals surface area contributed by atoms with Gasteiger partial charge in [-0.2, -0.15) is 0 Å². The zero-order chi connectivity index (χ0) is 15.8. The monoisotopic (exact) mass is 365 g/mol. The Balaban J connectivity index is 1.39. The minimum Gasteiger partial charge on any atom is -0.346 e. The van der Waals surface area contributed by atoms with Crippen molar-refractivity contribution in [3.8, 4) is 0 Å². The summed E-state index contributed by atoms with van der Waals surface area (Å²) in [7, 11) is 0. The highest BCUT2D eigenvalue weighted by atomic mass is 35.5. The number of halogens is 1. The van der Waals surface area contributed by atoms with Crippen LogP contribution in [0.4, 0.5) is 0 Å². The fourth-order valence-corrected chi connectivity index (χ4v) is 5.23. The molecule has 7 heteroatoms. The minimum atomic E-state index is -0.0580. The maximum absolute atomic E-state index is 12.4. The van der Waals surface area contributed by atoms with Crippen LogP contribution in [0.5, 0.6) is 0 Å². The molecule has 2 N–H and O–H groups in total. The highest BCUT2D eigenvalue weighted by Gasteiger charge is 2.39. The highest BCUT2D eigenvalue weighted by Crippen LogP contribution is 2.33. The van der Waals surface area contributed by atoms with Crippen LogP contribution < -0.4 is 10.6 Å². The molecule has 120 valence electrons. The molecule has 2 saturated heterocycles. The largest absolute Gasteiger partial charge is 0.346 e. The van der Waals surface area contributed by atoms with Crippen LogP contribution in [0.2, 0.25) is 5.02 Å². The normalized spacial score (nSPS) is 25.7. The van der Waals surface area contributed by atoms with Gasteiger partial charge in [-0.3, -0.25) is 4.79 Å². The number of rotatable bonds is 4. The molecule has 3 heterocycles. The smallest absolute Gasteiger partial charge is 0.280 e. The van der Waals surface area contributed by atoms with Gasteiger partial charge >= 0.3 is 0 Å². The molecule has 1 aromatic carbocycles. The van der Waals surface area contributed by atoms with Crippen molar-refractivity contribution in [2.24, 2.45) is 0 Å². The first-order chi connectivity index (χ1) is 11.2. The van der Waals surface area contributed by atoms with Crippen LogP contribution in [0.15, 0.2) is 39.6 Å². The van der Waals surface area contributed by atoms with Crippen molar-refractivity contribution < 1.29 is 4.79 Å². The summed E-state index contributed by atoms with van der Waals surface area (Å²) in [6.45, 7) is 0. The molecule has 0 radical (unpaired) electrons. The predicted molar refractivity (Wildman–Crippen MR) is 93.5 cm³/mol. The van der Waals surface area contributed by atoms with Crippen molar-refractivity contribution in [2.75, 3.05) is 0 Å². The van der Waals surface area contributed by atoms with E-state index in [9.17, 15) is 4.79 Å². The second kappa shape index (κ2) is 6.43. The Morgan fingerprint density at radius 3 is 2.87 bits per heavy atom. The molecule has 2 bridgehead atoms. The summed E-state index contributed by atoms with van der Waals surface area (Å²) in [5, 5.41) is 7.91. The van der Waals surface area contributed by atoms with Crippen LogP contribution in [0.3, 0.4) is 0 Å². The Morgan fingerprint density at radius 2 is 2.17 bits per heavy atom. The number of carbonyl (C=O) groups excluding carboxylic acids is 1. The van der Waals surface area contributed by atoms with E-state index >= 15 is 0 Å². The average Bonchev–Trinajstić information content (AvgIpc) is 3.26. The van der Waals surface area contributed by atoms with Gasteiger partial charge in [0, 0.05) is 28.0 Å². The third kappa shape index (κ3) is 3.40. The van der Waals surface area contributed by atoms with E-state index in [0.29, 0.717) is 17.1 Å². The van der Waals surface area contributed by atoms with Gasteiger partial charge < -0.3 is 10.6 Å². The molecule has 1 aromatic heterocycles. The third-order valence-electron chi connectivity index (χ3n) is 4.33. The second-order valence-electron chi connectivity index (χ2n) is 5.90. The van der Waals surface area contributed by atoms with E-state index in [4.69, 9.17) is 11.6 Å². The first-order valence-electron chi connectivity index (χ1n) is 7.63. The molecule has 2 aliphatic heterocycles. The summed E-state index contributed by atoms with van der Waals surface area (Å²) in [5.74, 6) is -0.0580. The fraction of sp³-hybridized carbons (Fsp3) is 0.375. The number of fused-ring (bicyclic) bond motifs is 2. The van der Waals surface area contributed by atoms with E-state index in [1.54, 1.807) is 18.0 Å². The quantitative estimate of drug-likeness (QED) is 0.869. The number of hydrogen-bond acceptors (Lipinski definition) is 5. The summed E-state index contributed by atoms with van der Waals surface area (Å²) in [6.07, 6.45) is 5.19. The van der Waals surface area contributed by atoms with Gasteiger partial charge in [-0.25, -0.2) is 4.98 Å². The Kier molecular flexibility index (Phi) is 4.32. The van der Waals surface area contributed by atoms with E-state index < -0.39 is 0 Å². The third-order valence-corrected chi connectivity index (χ3v) is 6.68. The van der Waals surface area contributed by atoms with E-state index in [1.807, 2.05) is 24.3 Å². The lowest BCUT2D eigenvalue weighted by molar-refractivity contribution is 0.0930. The van der Waals surface area contributed by atoms with Gasteiger partial charge in [-0.1, -0.05) is 23.4 Å². The van der Waals surface area contributed by atoms with Crippen molar-refractivity contribution in [3.63, 3.8) is 0 Å². The van der Waals surface area contributed by atoms with Gasteiger partial charge in [0.15, 0.2) is 5.01 Å². The van der Waals surface area contributed by atoms with Gasteiger partial charge in [-0.05, 0) is 43.5 Å². The molecule has 23 heavy (non-hydrogen) atoms. The average molecular weight is 366 g/mol. The molecule has 1 amide bonds. The van der Waals surface area contributed by atoms with Crippen LogP contribution in [0.25, 0.3) is 0 Å². The van der Waals surface area contributed by atoms with E-state index in [2.05, 4.69) is 15.6 Å². The van der Waals surface area contributed by atoms with Gasteiger partial charge in [0.25, 0.3) is 5.91 Å². The number of nitrogens with one attached hydrogen (secondary N) is 2. The SMILES string of the molecule is O=C(NC1CC2CCC1N2)c1ncc(Sc2ccc(Cl)cc2)s1. The first-order valence-corrected chi connectivity index (χ1v) is 9.64. The molecule has 3 atom stereocenters. The molecule has 4 rings (SSSR count). The molecule has 3 unspecified atom stereocenters. The summed E-state index contributed by atoms with van der Waals surface area (Å²) >= 11 is 8.92. The number of carbonyl (C=O) groups is 1. The lowest BCUT2D eigenvalue weighted by Gasteiger charge is -2.20. The Hall–Kier alpha value is -1.08. The van der Waals surface area contributed by atoms with Crippen LogP contribution >= 0.6 is 34.7 Å². The molecular formula is C16H16ClN3OS2. The van der Waals surface area contributed by atoms with E-state index in [-0.39, 0.29) is 11.9 Å². The van der Waals surface area contributed by atoms with Crippen LogP contribution in [0.1, 0.15) is 29.1 Å². The zero-order valence-electron chi connectivity index (χ0n) is 12.3. The van der Waals surface area contributed by atoms with Crippen LogP contribution in [-0.4, -0.2) is 29.0 Å². The molecular weight excluding hydrogens is 350 g/mol.